The largest absolute Gasteiger partial charge is 0.379 e. The van der Waals surface area contributed by atoms with Crippen molar-refractivity contribution in [3.63, 3.8) is 0 Å². The molecule has 0 amide bonds. The molecule has 2 unspecified atom stereocenters. The summed E-state index contributed by atoms with van der Waals surface area (Å²) in [5.74, 6) is 0. The van der Waals surface area contributed by atoms with Gasteiger partial charge in [-0.1, -0.05) is 28.1 Å². The Hall–Kier alpha value is 0.140. The molecule has 0 radical (unpaired) electrons. The molecule has 2 fully saturated rings. The van der Waals surface area contributed by atoms with Crippen LogP contribution in [-0.4, -0.2) is 42.1 Å². The van der Waals surface area contributed by atoms with Crippen LogP contribution >= 0.6 is 15.9 Å². The van der Waals surface area contributed by atoms with Gasteiger partial charge in [-0.2, -0.15) is 0 Å². The summed E-state index contributed by atoms with van der Waals surface area (Å²) in [4.78, 5) is 3.16. The highest BCUT2D eigenvalue weighted by Crippen LogP contribution is 2.31. The minimum Gasteiger partial charge on any atom is -0.379 e. The zero-order valence-electron chi connectivity index (χ0n) is 8.54. The summed E-state index contributed by atoms with van der Waals surface area (Å²) in [5, 5.41) is 0. The predicted molar refractivity (Wildman–Crippen MR) is 61.9 cm³/mol. The van der Waals surface area contributed by atoms with Gasteiger partial charge in [0.1, 0.15) is 0 Å². The SMILES string of the molecule is C=C1CCC(N2CCOCC2)C(Br)C1. The fraction of sp³-hybridized carbons (Fsp3) is 0.818. The number of nitrogens with zero attached hydrogens (tertiary/aromatic N) is 1. The maximum Gasteiger partial charge on any atom is 0.0594 e. The number of rotatable bonds is 1. The molecule has 0 bridgehead atoms. The smallest absolute Gasteiger partial charge is 0.0594 e. The number of hydrogen-bond acceptors (Lipinski definition) is 2. The fourth-order valence-electron chi connectivity index (χ4n) is 2.37. The average molecular weight is 260 g/mol. The van der Waals surface area contributed by atoms with Gasteiger partial charge in [0.15, 0.2) is 0 Å². The second-order valence-electron chi connectivity index (χ2n) is 4.22. The standard InChI is InChI=1S/C11H18BrNO/c1-9-2-3-11(10(12)8-9)13-4-6-14-7-5-13/h10-11H,1-8H2. The van der Waals surface area contributed by atoms with E-state index in [4.69, 9.17) is 4.74 Å². The lowest BCUT2D eigenvalue weighted by Crippen LogP contribution is -2.48. The van der Waals surface area contributed by atoms with Gasteiger partial charge >= 0.3 is 0 Å². The maximum atomic E-state index is 5.37. The van der Waals surface area contributed by atoms with Crippen molar-refractivity contribution < 1.29 is 4.74 Å². The normalized spacial score (nSPS) is 35.9. The molecule has 80 valence electrons. The highest BCUT2D eigenvalue weighted by molar-refractivity contribution is 9.09. The molecule has 2 atom stereocenters. The van der Waals surface area contributed by atoms with Gasteiger partial charge in [-0.25, -0.2) is 0 Å². The molecule has 0 spiro atoms. The Morgan fingerprint density at radius 2 is 2.07 bits per heavy atom. The highest BCUT2D eigenvalue weighted by atomic mass is 79.9. The maximum absolute atomic E-state index is 5.37. The van der Waals surface area contributed by atoms with Gasteiger partial charge in [-0.05, 0) is 19.3 Å². The molecule has 1 saturated carbocycles. The Morgan fingerprint density at radius 3 is 2.71 bits per heavy atom. The molecule has 14 heavy (non-hydrogen) atoms. The summed E-state index contributed by atoms with van der Waals surface area (Å²) in [5.41, 5.74) is 1.40. The van der Waals surface area contributed by atoms with Crippen molar-refractivity contribution in [1.29, 1.82) is 0 Å². The quantitative estimate of drug-likeness (QED) is 0.529. The highest BCUT2D eigenvalue weighted by Gasteiger charge is 2.30. The van der Waals surface area contributed by atoms with Crippen molar-refractivity contribution in [2.75, 3.05) is 26.3 Å². The lowest BCUT2D eigenvalue weighted by molar-refractivity contribution is 0.0129. The zero-order valence-corrected chi connectivity index (χ0v) is 10.1. The van der Waals surface area contributed by atoms with Crippen LogP contribution in [0.4, 0.5) is 0 Å². The van der Waals surface area contributed by atoms with Crippen LogP contribution in [0.15, 0.2) is 12.2 Å². The average Bonchev–Trinajstić information content (AvgIpc) is 2.19. The van der Waals surface area contributed by atoms with Gasteiger partial charge in [-0.3, -0.25) is 4.90 Å². The third kappa shape index (κ3) is 2.38. The van der Waals surface area contributed by atoms with Crippen LogP contribution in [0, 0.1) is 0 Å². The van der Waals surface area contributed by atoms with Crippen LogP contribution in [0.5, 0.6) is 0 Å². The first-order chi connectivity index (χ1) is 6.77. The van der Waals surface area contributed by atoms with E-state index in [1.165, 1.54) is 18.4 Å². The van der Waals surface area contributed by atoms with Crippen LogP contribution in [0.3, 0.4) is 0 Å². The Kier molecular flexibility index (Phi) is 3.63. The van der Waals surface area contributed by atoms with Crippen LogP contribution < -0.4 is 0 Å². The lowest BCUT2D eigenvalue weighted by atomic mass is 9.90. The summed E-state index contributed by atoms with van der Waals surface area (Å²) >= 11 is 3.79. The molecule has 0 aromatic heterocycles. The van der Waals surface area contributed by atoms with Gasteiger partial charge in [0.25, 0.3) is 0 Å². The minimum atomic E-state index is 0.599. The van der Waals surface area contributed by atoms with Crippen molar-refractivity contribution in [3.8, 4) is 0 Å². The predicted octanol–water partition coefficient (Wildman–Crippen LogP) is 2.19. The van der Waals surface area contributed by atoms with Crippen LogP contribution in [0.1, 0.15) is 19.3 Å². The first kappa shape index (κ1) is 10.7. The second-order valence-corrected chi connectivity index (χ2v) is 5.40. The van der Waals surface area contributed by atoms with E-state index in [0.717, 1.165) is 32.7 Å². The molecule has 1 heterocycles. The third-order valence-corrected chi connectivity index (χ3v) is 4.14. The number of halogens is 1. The van der Waals surface area contributed by atoms with Crippen molar-refractivity contribution in [3.05, 3.63) is 12.2 Å². The number of allylic oxidation sites excluding steroid dienone is 1. The molecule has 1 saturated heterocycles. The monoisotopic (exact) mass is 259 g/mol. The van der Waals surface area contributed by atoms with Crippen molar-refractivity contribution in [2.45, 2.75) is 30.1 Å². The summed E-state index contributed by atoms with van der Waals surface area (Å²) in [6, 6.07) is 0.699. The molecule has 2 nitrogen and oxygen atoms in total. The third-order valence-electron chi connectivity index (χ3n) is 3.21. The van der Waals surface area contributed by atoms with E-state index in [1.54, 1.807) is 0 Å². The molecule has 2 rings (SSSR count). The Bertz CT molecular complexity index is 213. The summed E-state index contributed by atoms with van der Waals surface area (Å²) in [6.07, 6.45) is 3.60. The number of hydrogen-bond donors (Lipinski definition) is 0. The molecule has 1 aliphatic heterocycles. The van der Waals surface area contributed by atoms with E-state index < -0.39 is 0 Å². The van der Waals surface area contributed by atoms with Gasteiger partial charge in [0.05, 0.1) is 13.2 Å². The van der Waals surface area contributed by atoms with Crippen molar-refractivity contribution in [2.24, 2.45) is 0 Å². The second kappa shape index (κ2) is 4.77. The Morgan fingerprint density at radius 1 is 1.36 bits per heavy atom. The van der Waals surface area contributed by atoms with Crippen molar-refractivity contribution >= 4 is 15.9 Å². The van der Waals surface area contributed by atoms with Crippen molar-refractivity contribution in [1.82, 2.24) is 4.90 Å². The lowest BCUT2D eigenvalue weighted by Gasteiger charge is -2.40. The van der Waals surface area contributed by atoms with Crippen LogP contribution in [0.2, 0.25) is 0 Å². The van der Waals surface area contributed by atoms with Crippen LogP contribution in [-0.2, 0) is 4.74 Å². The summed E-state index contributed by atoms with van der Waals surface area (Å²) in [6.45, 7) is 8.06. The van der Waals surface area contributed by atoms with Crippen LogP contribution in [0.25, 0.3) is 0 Å². The van der Waals surface area contributed by atoms with Gasteiger partial charge in [-0.15, -0.1) is 0 Å². The van der Waals surface area contributed by atoms with E-state index >= 15 is 0 Å². The van der Waals surface area contributed by atoms with E-state index in [-0.39, 0.29) is 0 Å². The zero-order chi connectivity index (χ0) is 9.97. The van der Waals surface area contributed by atoms with E-state index in [2.05, 4.69) is 27.4 Å². The van der Waals surface area contributed by atoms with E-state index in [9.17, 15) is 0 Å². The fourth-order valence-corrected chi connectivity index (χ4v) is 3.42. The number of morpholine rings is 1. The van der Waals surface area contributed by atoms with E-state index in [1.807, 2.05) is 0 Å². The molecule has 3 heteroatoms. The molecule has 2 aliphatic rings. The van der Waals surface area contributed by atoms with E-state index in [0.29, 0.717) is 10.9 Å². The summed E-state index contributed by atoms with van der Waals surface area (Å²) < 4.78 is 5.37. The first-order valence-electron chi connectivity index (χ1n) is 5.40. The molecule has 0 N–H and O–H groups in total. The topological polar surface area (TPSA) is 12.5 Å². The number of ether oxygens (including phenoxy) is 1. The number of alkyl halides is 1. The Balaban J connectivity index is 1.92. The molecule has 0 aromatic rings. The van der Waals surface area contributed by atoms with Gasteiger partial charge in [0, 0.05) is 24.0 Å². The molecule has 1 aliphatic carbocycles. The Labute approximate surface area is 94.4 Å². The van der Waals surface area contributed by atoms with Gasteiger partial charge < -0.3 is 4.74 Å². The first-order valence-corrected chi connectivity index (χ1v) is 6.31. The molecular weight excluding hydrogens is 242 g/mol. The van der Waals surface area contributed by atoms with Gasteiger partial charge in [0.2, 0.25) is 0 Å². The molecule has 0 aromatic carbocycles. The minimum absolute atomic E-state index is 0.599. The molecular formula is C11H18BrNO. The summed E-state index contributed by atoms with van der Waals surface area (Å²) in [7, 11) is 0.